The van der Waals surface area contributed by atoms with Gasteiger partial charge in [0.25, 0.3) is 0 Å². The average molecular weight is 284 g/mol. The smallest absolute Gasteiger partial charge is 0.127 e. The largest absolute Gasteiger partial charge is 0.494 e. The molecule has 0 amide bonds. The number of rotatable bonds is 6. The first-order chi connectivity index (χ1) is 10.2. The summed E-state index contributed by atoms with van der Waals surface area (Å²) in [5.74, 6) is 0.527. The summed E-state index contributed by atoms with van der Waals surface area (Å²) < 4.78 is 19.1. The number of benzene rings is 2. The molecule has 3 nitrogen and oxygen atoms in total. The molecule has 4 heteroatoms. The molecule has 0 fully saturated rings. The van der Waals surface area contributed by atoms with Gasteiger partial charge in [-0.3, -0.25) is 0 Å². The molecular weight excluding hydrogens is 267 g/mol. The van der Waals surface area contributed by atoms with Crippen molar-refractivity contribution in [3.8, 4) is 11.8 Å². The highest BCUT2D eigenvalue weighted by Gasteiger charge is 2.03. The fraction of sp³-hybridized carbons (Fsp3) is 0.235. The summed E-state index contributed by atoms with van der Waals surface area (Å²) in [6.07, 6.45) is 0. The molecule has 21 heavy (non-hydrogen) atoms. The van der Waals surface area contributed by atoms with Gasteiger partial charge in [-0.2, -0.15) is 5.26 Å². The first kappa shape index (κ1) is 15.0. The lowest BCUT2D eigenvalue weighted by Crippen LogP contribution is -2.14. The van der Waals surface area contributed by atoms with Crippen LogP contribution in [0.5, 0.6) is 5.75 Å². The summed E-state index contributed by atoms with van der Waals surface area (Å²) in [6, 6.07) is 14.2. The maximum Gasteiger partial charge on any atom is 0.127 e. The number of nitriles is 1. The normalized spacial score (nSPS) is 10.1. The molecule has 0 radical (unpaired) electrons. The predicted octanol–water partition coefficient (Wildman–Crippen LogP) is 3.39. The van der Waals surface area contributed by atoms with E-state index in [9.17, 15) is 4.39 Å². The second kappa shape index (κ2) is 7.41. The van der Waals surface area contributed by atoms with Gasteiger partial charge >= 0.3 is 0 Å². The van der Waals surface area contributed by atoms with Crippen molar-refractivity contribution in [2.24, 2.45) is 0 Å². The minimum Gasteiger partial charge on any atom is -0.494 e. The lowest BCUT2D eigenvalue weighted by molar-refractivity contribution is 0.340. The van der Waals surface area contributed by atoms with Gasteiger partial charge < -0.3 is 10.1 Å². The number of nitrogens with one attached hydrogen (secondary N) is 1. The standard InChI is InChI=1S/C17H17FN2O/c1-2-21-16-5-3-4-14(9-16)11-20-12-15-8-13(10-19)6-7-17(15)18/h3-9,20H,2,11-12H2,1H3. The zero-order valence-electron chi connectivity index (χ0n) is 11.9. The van der Waals surface area contributed by atoms with E-state index in [0.29, 0.717) is 30.8 Å². The van der Waals surface area contributed by atoms with Crippen LogP contribution in [0.25, 0.3) is 0 Å². The van der Waals surface area contributed by atoms with E-state index in [1.807, 2.05) is 37.3 Å². The van der Waals surface area contributed by atoms with E-state index in [0.717, 1.165) is 11.3 Å². The molecule has 0 aromatic heterocycles. The first-order valence-electron chi connectivity index (χ1n) is 6.84. The van der Waals surface area contributed by atoms with Crippen LogP contribution in [0.2, 0.25) is 0 Å². The van der Waals surface area contributed by atoms with Crippen molar-refractivity contribution in [2.45, 2.75) is 20.0 Å². The Morgan fingerprint density at radius 3 is 2.81 bits per heavy atom. The van der Waals surface area contributed by atoms with Crippen molar-refractivity contribution in [1.29, 1.82) is 5.26 Å². The first-order valence-corrected chi connectivity index (χ1v) is 6.84. The summed E-state index contributed by atoms with van der Waals surface area (Å²) in [5, 5.41) is 12.0. The Balaban J connectivity index is 1.95. The molecule has 0 bridgehead atoms. The Kier molecular flexibility index (Phi) is 5.30. The van der Waals surface area contributed by atoms with Crippen LogP contribution >= 0.6 is 0 Å². The highest BCUT2D eigenvalue weighted by atomic mass is 19.1. The van der Waals surface area contributed by atoms with Crippen LogP contribution in [0, 0.1) is 17.1 Å². The van der Waals surface area contributed by atoms with Crippen LogP contribution in [0.3, 0.4) is 0 Å². The fourth-order valence-corrected chi connectivity index (χ4v) is 2.03. The molecule has 0 saturated heterocycles. The summed E-state index contributed by atoms with van der Waals surface area (Å²) in [6.45, 7) is 3.55. The van der Waals surface area contributed by atoms with E-state index >= 15 is 0 Å². The Morgan fingerprint density at radius 2 is 2.05 bits per heavy atom. The van der Waals surface area contributed by atoms with Gasteiger partial charge in [0.05, 0.1) is 18.2 Å². The summed E-state index contributed by atoms with van der Waals surface area (Å²) >= 11 is 0. The third-order valence-electron chi connectivity index (χ3n) is 3.03. The Bertz CT molecular complexity index is 649. The van der Waals surface area contributed by atoms with Gasteiger partial charge in [-0.05, 0) is 42.8 Å². The molecule has 2 aromatic carbocycles. The summed E-state index contributed by atoms with van der Waals surface area (Å²) in [7, 11) is 0. The van der Waals surface area contributed by atoms with Crippen molar-refractivity contribution >= 4 is 0 Å². The average Bonchev–Trinajstić information content (AvgIpc) is 2.50. The minimum absolute atomic E-state index is 0.301. The molecular formula is C17H17FN2O. The second-order valence-corrected chi connectivity index (χ2v) is 4.60. The molecule has 0 aliphatic heterocycles. The molecule has 1 N–H and O–H groups in total. The predicted molar refractivity (Wildman–Crippen MR) is 79.3 cm³/mol. The fourth-order valence-electron chi connectivity index (χ4n) is 2.03. The van der Waals surface area contributed by atoms with Crippen molar-refractivity contribution < 1.29 is 9.13 Å². The summed E-state index contributed by atoms with van der Waals surface area (Å²) in [4.78, 5) is 0. The van der Waals surface area contributed by atoms with Crippen LogP contribution in [0.1, 0.15) is 23.6 Å². The molecule has 0 heterocycles. The van der Waals surface area contributed by atoms with Crippen molar-refractivity contribution in [1.82, 2.24) is 5.32 Å². The number of halogens is 1. The van der Waals surface area contributed by atoms with E-state index in [1.54, 1.807) is 6.07 Å². The molecule has 0 unspecified atom stereocenters. The van der Waals surface area contributed by atoms with Crippen LogP contribution in [-0.2, 0) is 13.1 Å². The Labute approximate surface area is 124 Å². The molecule has 2 rings (SSSR count). The number of nitrogens with zero attached hydrogens (tertiary/aromatic N) is 1. The lowest BCUT2D eigenvalue weighted by atomic mass is 10.1. The maximum atomic E-state index is 13.6. The van der Waals surface area contributed by atoms with Crippen LogP contribution in [0.15, 0.2) is 42.5 Å². The van der Waals surface area contributed by atoms with E-state index in [4.69, 9.17) is 10.00 Å². The quantitative estimate of drug-likeness (QED) is 0.884. The van der Waals surface area contributed by atoms with Gasteiger partial charge in [0.15, 0.2) is 0 Å². The topological polar surface area (TPSA) is 45.0 Å². The maximum absolute atomic E-state index is 13.6. The Morgan fingerprint density at radius 1 is 1.19 bits per heavy atom. The van der Waals surface area contributed by atoms with Gasteiger partial charge in [-0.25, -0.2) is 4.39 Å². The number of hydrogen-bond acceptors (Lipinski definition) is 3. The van der Waals surface area contributed by atoms with Crippen molar-refractivity contribution in [2.75, 3.05) is 6.61 Å². The summed E-state index contributed by atoms with van der Waals surface area (Å²) in [5.41, 5.74) is 2.03. The molecule has 0 atom stereocenters. The van der Waals surface area contributed by atoms with Gasteiger partial charge in [0, 0.05) is 18.7 Å². The third-order valence-corrected chi connectivity index (χ3v) is 3.03. The molecule has 0 aliphatic carbocycles. The molecule has 0 aliphatic rings. The van der Waals surface area contributed by atoms with Gasteiger partial charge in [-0.15, -0.1) is 0 Å². The van der Waals surface area contributed by atoms with E-state index in [2.05, 4.69) is 5.32 Å². The second-order valence-electron chi connectivity index (χ2n) is 4.60. The number of ether oxygens (including phenoxy) is 1. The number of hydrogen-bond donors (Lipinski definition) is 1. The van der Waals surface area contributed by atoms with Crippen LogP contribution in [-0.4, -0.2) is 6.61 Å². The van der Waals surface area contributed by atoms with Gasteiger partial charge in [-0.1, -0.05) is 12.1 Å². The van der Waals surface area contributed by atoms with Crippen LogP contribution < -0.4 is 10.1 Å². The molecule has 108 valence electrons. The van der Waals surface area contributed by atoms with Gasteiger partial charge in [0.2, 0.25) is 0 Å². The van der Waals surface area contributed by atoms with Crippen molar-refractivity contribution in [3.63, 3.8) is 0 Å². The van der Waals surface area contributed by atoms with E-state index in [1.165, 1.54) is 12.1 Å². The molecule has 0 spiro atoms. The lowest BCUT2D eigenvalue weighted by Gasteiger charge is -2.08. The SMILES string of the molecule is CCOc1cccc(CNCc2cc(C#N)ccc2F)c1. The van der Waals surface area contributed by atoms with E-state index < -0.39 is 0 Å². The highest BCUT2D eigenvalue weighted by Crippen LogP contribution is 2.14. The van der Waals surface area contributed by atoms with E-state index in [-0.39, 0.29) is 5.82 Å². The minimum atomic E-state index is -0.301. The zero-order valence-corrected chi connectivity index (χ0v) is 11.9. The highest BCUT2D eigenvalue weighted by molar-refractivity contribution is 5.34. The molecule has 0 saturated carbocycles. The zero-order chi connectivity index (χ0) is 15.1. The molecule has 2 aromatic rings. The third kappa shape index (κ3) is 4.30. The monoisotopic (exact) mass is 284 g/mol. The van der Waals surface area contributed by atoms with Crippen molar-refractivity contribution in [3.05, 3.63) is 65.0 Å². The van der Waals surface area contributed by atoms with Gasteiger partial charge in [0.1, 0.15) is 11.6 Å². The Hall–Kier alpha value is -2.38. The van der Waals surface area contributed by atoms with Crippen LogP contribution in [0.4, 0.5) is 4.39 Å².